The van der Waals surface area contributed by atoms with Crippen molar-refractivity contribution in [2.45, 2.75) is 19.4 Å². The third-order valence-electron chi connectivity index (χ3n) is 2.92. The molecule has 20 heavy (non-hydrogen) atoms. The zero-order valence-corrected chi connectivity index (χ0v) is 14.2. The maximum Gasteiger partial charge on any atom is 0.124 e. The van der Waals surface area contributed by atoms with E-state index in [1.54, 1.807) is 12.3 Å². The van der Waals surface area contributed by atoms with Crippen molar-refractivity contribution in [3.05, 3.63) is 62.5 Å². The average Bonchev–Trinajstić information content (AvgIpc) is 2.38. The predicted molar refractivity (Wildman–Crippen MR) is 86.2 cm³/mol. The predicted octanol–water partition coefficient (Wildman–Crippen LogP) is 4.64. The minimum absolute atomic E-state index is 0.0711. The second-order valence-corrected chi connectivity index (χ2v) is 6.32. The number of hydrogen-bond acceptors (Lipinski definition) is 2. The molecule has 0 aliphatic carbocycles. The van der Waals surface area contributed by atoms with Crippen molar-refractivity contribution in [1.82, 2.24) is 10.3 Å². The fourth-order valence-corrected chi connectivity index (χ4v) is 2.83. The van der Waals surface area contributed by atoms with Crippen molar-refractivity contribution >= 4 is 31.9 Å². The molecule has 1 aromatic carbocycles. The first-order chi connectivity index (χ1) is 9.58. The summed E-state index contributed by atoms with van der Waals surface area (Å²) >= 11 is 6.71. The topological polar surface area (TPSA) is 24.9 Å². The van der Waals surface area contributed by atoms with E-state index in [9.17, 15) is 4.39 Å². The zero-order valence-electron chi connectivity index (χ0n) is 11.0. The molecular weight excluding hydrogens is 387 g/mol. The van der Waals surface area contributed by atoms with Crippen LogP contribution < -0.4 is 5.32 Å². The summed E-state index contributed by atoms with van der Waals surface area (Å²) in [6.45, 7) is 2.88. The van der Waals surface area contributed by atoms with Gasteiger partial charge in [-0.3, -0.25) is 4.98 Å². The molecular formula is C15H15Br2FN2. The van der Waals surface area contributed by atoms with Crippen molar-refractivity contribution in [1.29, 1.82) is 0 Å². The van der Waals surface area contributed by atoms with Crippen molar-refractivity contribution < 1.29 is 4.39 Å². The first-order valence-electron chi connectivity index (χ1n) is 6.38. The third-order valence-corrected chi connectivity index (χ3v) is 3.85. The van der Waals surface area contributed by atoms with Crippen molar-refractivity contribution in [2.24, 2.45) is 0 Å². The second-order valence-electron chi connectivity index (χ2n) is 4.49. The molecule has 2 aromatic rings. The van der Waals surface area contributed by atoms with Crippen molar-refractivity contribution in [2.75, 3.05) is 6.54 Å². The van der Waals surface area contributed by atoms with Crippen LogP contribution in [-0.4, -0.2) is 11.5 Å². The maximum atomic E-state index is 13.4. The Hall–Kier alpha value is -0.780. The molecule has 5 heteroatoms. The maximum absolute atomic E-state index is 13.4. The molecule has 1 atom stereocenters. The van der Waals surface area contributed by atoms with Crippen LogP contribution in [0.4, 0.5) is 4.39 Å². The summed E-state index contributed by atoms with van der Waals surface area (Å²) in [5.41, 5.74) is 1.89. The second kappa shape index (κ2) is 7.29. The molecule has 0 spiro atoms. The molecule has 2 nitrogen and oxygen atoms in total. The number of aromatic nitrogens is 1. The van der Waals surface area contributed by atoms with E-state index in [4.69, 9.17) is 0 Å². The van der Waals surface area contributed by atoms with Crippen LogP contribution >= 0.6 is 31.9 Å². The Morgan fingerprint density at radius 3 is 2.60 bits per heavy atom. The van der Waals surface area contributed by atoms with E-state index < -0.39 is 0 Å². The molecule has 1 heterocycles. The van der Waals surface area contributed by atoms with Gasteiger partial charge in [0.25, 0.3) is 0 Å². The quantitative estimate of drug-likeness (QED) is 0.789. The molecule has 0 saturated carbocycles. The Kier molecular flexibility index (Phi) is 5.69. The van der Waals surface area contributed by atoms with Gasteiger partial charge in [0.2, 0.25) is 0 Å². The summed E-state index contributed by atoms with van der Waals surface area (Å²) in [6, 6.07) is 8.98. The van der Waals surface area contributed by atoms with Gasteiger partial charge in [0.05, 0.1) is 11.7 Å². The number of hydrogen-bond donors (Lipinski definition) is 1. The molecule has 0 radical (unpaired) electrons. The van der Waals surface area contributed by atoms with E-state index in [2.05, 4.69) is 42.2 Å². The lowest BCUT2D eigenvalue weighted by Crippen LogP contribution is -2.23. The first-order valence-corrected chi connectivity index (χ1v) is 7.97. The summed E-state index contributed by atoms with van der Waals surface area (Å²) in [7, 11) is 0. The minimum Gasteiger partial charge on any atom is -0.309 e. The van der Waals surface area contributed by atoms with Crippen LogP contribution in [0.1, 0.15) is 24.2 Å². The highest BCUT2D eigenvalue weighted by Gasteiger charge is 2.13. The van der Waals surface area contributed by atoms with Crippen molar-refractivity contribution in [3.8, 4) is 0 Å². The van der Waals surface area contributed by atoms with Crippen LogP contribution in [0.2, 0.25) is 0 Å². The van der Waals surface area contributed by atoms with Gasteiger partial charge in [0, 0.05) is 15.1 Å². The van der Waals surface area contributed by atoms with Gasteiger partial charge in [-0.2, -0.15) is 0 Å². The fraction of sp³-hybridized carbons (Fsp3) is 0.267. The van der Waals surface area contributed by atoms with E-state index in [0.29, 0.717) is 6.42 Å². The largest absolute Gasteiger partial charge is 0.309 e. The number of nitrogens with zero attached hydrogens (tertiary/aromatic N) is 1. The van der Waals surface area contributed by atoms with Gasteiger partial charge in [-0.15, -0.1) is 0 Å². The number of halogens is 3. The molecule has 0 saturated heterocycles. The van der Waals surface area contributed by atoms with E-state index >= 15 is 0 Å². The van der Waals surface area contributed by atoms with Crippen LogP contribution in [0.15, 0.2) is 45.5 Å². The SMILES string of the molecule is CCNC(Cc1cc(F)cc(Br)c1)c1ccc(Br)cn1. The molecule has 0 aliphatic heterocycles. The van der Waals surface area contributed by atoms with Crippen LogP contribution in [0.25, 0.3) is 0 Å². The summed E-state index contributed by atoms with van der Waals surface area (Å²) in [4.78, 5) is 4.42. The van der Waals surface area contributed by atoms with Gasteiger partial charge in [-0.25, -0.2) is 4.39 Å². The van der Waals surface area contributed by atoms with Gasteiger partial charge in [-0.05, 0) is 64.8 Å². The van der Waals surface area contributed by atoms with E-state index in [-0.39, 0.29) is 11.9 Å². The zero-order chi connectivity index (χ0) is 14.5. The molecule has 106 valence electrons. The van der Waals surface area contributed by atoms with Crippen LogP contribution in [0.3, 0.4) is 0 Å². The Bertz CT molecular complexity index is 552. The first kappa shape index (κ1) is 15.6. The Morgan fingerprint density at radius 1 is 1.20 bits per heavy atom. The number of rotatable bonds is 5. The highest BCUT2D eigenvalue weighted by atomic mass is 79.9. The summed E-state index contributed by atoms with van der Waals surface area (Å²) in [5.74, 6) is -0.228. The molecule has 1 aromatic heterocycles. The number of likely N-dealkylation sites (N-methyl/N-ethyl adjacent to an activating group) is 1. The standard InChI is InChI=1S/C15H15Br2FN2/c1-2-19-15(14-4-3-11(16)9-20-14)7-10-5-12(17)8-13(18)6-10/h3-6,8-9,15,19H,2,7H2,1H3. The molecule has 2 rings (SSSR count). The van der Waals surface area contributed by atoms with E-state index in [0.717, 1.165) is 26.7 Å². The monoisotopic (exact) mass is 400 g/mol. The van der Waals surface area contributed by atoms with Gasteiger partial charge in [0.15, 0.2) is 0 Å². The molecule has 1 N–H and O–H groups in total. The Morgan fingerprint density at radius 2 is 2.00 bits per heavy atom. The summed E-state index contributed by atoms with van der Waals surface area (Å²) < 4.78 is 15.2. The Balaban J connectivity index is 2.22. The van der Waals surface area contributed by atoms with Crippen LogP contribution in [0, 0.1) is 5.82 Å². The normalized spacial score (nSPS) is 12.4. The highest BCUT2D eigenvalue weighted by Crippen LogP contribution is 2.22. The smallest absolute Gasteiger partial charge is 0.124 e. The average molecular weight is 402 g/mol. The molecule has 0 fully saturated rings. The van der Waals surface area contributed by atoms with E-state index in [1.807, 2.05) is 25.1 Å². The Labute approximate surface area is 135 Å². The highest BCUT2D eigenvalue weighted by molar-refractivity contribution is 9.10. The lowest BCUT2D eigenvalue weighted by Gasteiger charge is -2.18. The molecule has 0 aliphatic rings. The molecule has 0 amide bonds. The lowest BCUT2D eigenvalue weighted by atomic mass is 10.0. The summed E-state index contributed by atoms with van der Waals surface area (Å²) in [5, 5.41) is 3.39. The van der Waals surface area contributed by atoms with Crippen molar-refractivity contribution in [3.63, 3.8) is 0 Å². The van der Waals surface area contributed by atoms with Gasteiger partial charge < -0.3 is 5.32 Å². The third kappa shape index (κ3) is 4.36. The number of pyridine rings is 1. The van der Waals surface area contributed by atoms with Gasteiger partial charge >= 0.3 is 0 Å². The number of nitrogens with one attached hydrogen (secondary N) is 1. The van der Waals surface area contributed by atoms with Gasteiger partial charge in [0.1, 0.15) is 5.82 Å². The van der Waals surface area contributed by atoms with E-state index in [1.165, 1.54) is 6.07 Å². The fourth-order valence-electron chi connectivity index (χ4n) is 2.09. The van der Waals surface area contributed by atoms with Crippen LogP contribution in [0.5, 0.6) is 0 Å². The minimum atomic E-state index is -0.228. The number of benzene rings is 1. The van der Waals surface area contributed by atoms with Crippen LogP contribution in [-0.2, 0) is 6.42 Å². The molecule has 1 unspecified atom stereocenters. The molecule has 0 bridgehead atoms. The van der Waals surface area contributed by atoms with Gasteiger partial charge in [-0.1, -0.05) is 22.9 Å². The summed E-state index contributed by atoms with van der Waals surface area (Å²) in [6.07, 6.45) is 2.47. The lowest BCUT2D eigenvalue weighted by molar-refractivity contribution is 0.534.